The molecule has 5 nitrogen and oxygen atoms in total. The van der Waals surface area contributed by atoms with Crippen LogP contribution in [0.25, 0.3) is 0 Å². The molecule has 0 aliphatic heterocycles. The summed E-state index contributed by atoms with van der Waals surface area (Å²) in [6.45, 7) is 0.521. The standard InChI is InChI=1S/C15H21FN2O3/c16-12-4-3-5-13(10-12)21-9-8-17-14(20)18-15(11-19)6-1-2-7-15/h3-5,10,19H,1-2,6-9,11H2,(H2,17,18,20). The summed E-state index contributed by atoms with van der Waals surface area (Å²) in [6, 6.07) is 5.54. The van der Waals surface area contributed by atoms with Gasteiger partial charge in [0.25, 0.3) is 0 Å². The number of aliphatic hydroxyl groups excluding tert-OH is 1. The molecular weight excluding hydrogens is 275 g/mol. The first-order chi connectivity index (χ1) is 10.1. The van der Waals surface area contributed by atoms with Crippen molar-refractivity contribution in [3.05, 3.63) is 30.1 Å². The number of nitrogens with one attached hydrogen (secondary N) is 2. The summed E-state index contributed by atoms with van der Waals surface area (Å²) in [6.07, 6.45) is 3.64. The molecule has 0 radical (unpaired) electrons. The Morgan fingerprint density at radius 2 is 2.14 bits per heavy atom. The highest BCUT2D eigenvalue weighted by Crippen LogP contribution is 2.28. The van der Waals surface area contributed by atoms with Gasteiger partial charge in [-0.1, -0.05) is 18.9 Å². The van der Waals surface area contributed by atoms with Gasteiger partial charge in [-0.2, -0.15) is 0 Å². The monoisotopic (exact) mass is 296 g/mol. The van der Waals surface area contributed by atoms with Gasteiger partial charge in [0.2, 0.25) is 0 Å². The predicted molar refractivity (Wildman–Crippen MR) is 76.7 cm³/mol. The summed E-state index contributed by atoms with van der Waals surface area (Å²) < 4.78 is 18.3. The van der Waals surface area contributed by atoms with Crippen molar-refractivity contribution in [3.63, 3.8) is 0 Å². The Balaban J connectivity index is 1.67. The van der Waals surface area contributed by atoms with Gasteiger partial charge in [0, 0.05) is 6.07 Å². The third-order valence-corrected chi connectivity index (χ3v) is 3.69. The highest BCUT2D eigenvalue weighted by atomic mass is 19.1. The fourth-order valence-electron chi connectivity index (χ4n) is 2.55. The van der Waals surface area contributed by atoms with Crippen molar-refractivity contribution in [2.24, 2.45) is 0 Å². The molecule has 1 aromatic rings. The Bertz CT molecular complexity index is 476. The van der Waals surface area contributed by atoms with Crippen molar-refractivity contribution >= 4 is 6.03 Å². The van der Waals surface area contributed by atoms with Crippen LogP contribution >= 0.6 is 0 Å². The lowest BCUT2D eigenvalue weighted by Gasteiger charge is -2.27. The second-order valence-corrected chi connectivity index (χ2v) is 5.33. The summed E-state index contributed by atoms with van der Waals surface area (Å²) in [7, 11) is 0. The molecule has 0 heterocycles. The third-order valence-electron chi connectivity index (χ3n) is 3.69. The topological polar surface area (TPSA) is 70.6 Å². The molecule has 0 spiro atoms. The molecule has 0 unspecified atom stereocenters. The number of hydrogen-bond donors (Lipinski definition) is 3. The SMILES string of the molecule is O=C(NCCOc1cccc(F)c1)NC1(CO)CCCC1. The quantitative estimate of drug-likeness (QED) is 0.701. The zero-order chi connectivity index (χ0) is 15.1. The van der Waals surface area contributed by atoms with E-state index < -0.39 is 5.54 Å². The number of urea groups is 1. The Labute approximate surface area is 123 Å². The fraction of sp³-hybridized carbons (Fsp3) is 0.533. The van der Waals surface area contributed by atoms with Crippen LogP contribution in [0.1, 0.15) is 25.7 Å². The summed E-state index contributed by atoms with van der Waals surface area (Å²) in [4.78, 5) is 11.8. The van der Waals surface area contributed by atoms with Gasteiger partial charge in [-0.05, 0) is 25.0 Å². The number of aliphatic hydroxyl groups is 1. The van der Waals surface area contributed by atoms with Gasteiger partial charge in [-0.3, -0.25) is 0 Å². The van der Waals surface area contributed by atoms with Crippen molar-refractivity contribution in [2.45, 2.75) is 31.2 Å². The molecule has 2 rings (SSSR count). The smallest absolute Gasteiger partial charge is 0.315 e. The van der Waals surface area contributed by atoms with Gasteiger partial charge >= 0.3 is 6.03 Å². The molecule has 0 aromatic heterocycles. The van der Waals surface area contributed by atoms with E-state index in [1.54, 1.807) is 12.1 Å². The number of benzene rings is 1. The lowest BCUT2D eigenvalue weighted by atomic mass is 9.99. The van der Waals surface area contributed by atoms with Crippen molar-refractivity contribution in [2.75, 3.05) is 19.8 Å². The average Bonchev–Trinajstić information content (AvgIpc) is 2.93. The van der Waals surface area contributed by atoms with E-state index in [1.165, 1.54) is 12.1 Å². The normalized spacial score (nSPS) is 16.5. The Morgan fingerprint density at radius 3 is 2.81 bits per heavy atom. The van der Waals surface area contributed by atoms with Gasteiger partial charge in [-0.25, -0.2) is 9.18 Å². The molecule has 2 amide bonds. The number of amides is 2. The molecule has 0 bridgehead atoms. The second kappa shape index (κ2) is 7.26. The van der Waals surface area contributed by atoms with Crippen LogP contribution in [-0.2, 0) is 0 Å². The molecule has 1 saturated carbocycles. The average molecular weight is 296 g/mol. The van der Waals surface area contributed by atoms with Crippen molar-refractivity contribution < 1.29 is 19.0 Å². The summed E-state index contributed by atoms with van der Waals surface area (Å²) in [5.41, 5.74) is -0.479. The molecular formula is C15H21FN2O3. The van der Waals surface area contributed by atoms with Crippen molar-refractivity contribution in [1.82, 2.24) is 10.6 Å². The molecule has 1 aliphatic rings. The number of carbonyl (C=O) groups excluding carboxylic acids is 1. The van der Waals surface area contributed by atoms with E-state index in [4.69, 9.17) is 4.74 Å². The van der Waals surface area contributed by atoms with E-state index in [1.807, 2.05) is 0 Å². The zero-order valence-electron chi connectivity index (χ0n) is 11.9. The lowest BCUT2D eigenvalue weighted by molar-refractivity contribution is 0.162. The highest BCUT2D eigenvalue weighted by Gasteiger charge is 2.34. The maximum atomic E-state index is 12.9. The van der Waals surface area contributed by atoms with E-state index >= 15 is 0 Å². The molecule has 3 N–H and O–H groups in total. The molecule has 0 saturated heterocycles. The van der Waals surface area contributed by atoms with E-state index in [0.717, 1.165) is 25.7 Å². The van der Waals surface area contributed by atoms with Crippen LogP contribution in [0.2, 0.25) is 0 Å². The molecule has 116 valence electrons. The first-order valence-electron chi connectivity index (χ1n) is 7.19. The van der Waals surface area contributed by atoms with Gasteiger partial charge in [-0.15, -0.1) is 0 Å². The second-order valence-electron chi connectivity index (χ2n) is 5.33. The van der Waals surface area contributed by atoms with Crippen LogP contribution < -0.4 is 15.4 Å². The van der Waals surface area contributed by atoms with E-state index in [2.05, 4.69) is 10.6 Å². The molecule has 0 atom stereocenters. The number of carbonyl (C=O) groups is 1. The zero-order valence-corrected chi connectivity index (χ0v) is 11.9. The maximum absolute atomic E-state index is 12.9. The predicted octanol–water partition coefficient (Wildman–Crippen LogP) is 1.81. The van der Waals surface area contributed by atoms with Gasteiger partial charge < -0.3 is 20.5 Å². The molecule has 1 fully saturated rings. The Morgan fingerprint density at radius 1 is 1.38 bits per heavy atom. The Hall–Kier alpha value is -1.82. The first kappa shape index (κ1) is 15.6. The van der Waals surface area contributed by atoms with Crippen LogP contribution in [-0.4, -0.2) is 36.4 Å². The van der Waals surface area contributed by atoms with Crippen molar-refractivity contribution in [1.29, 1.82) is 0 Å². The fourth-order valence-corrected chi connectivity index (χ4v) is 2.55. The van der Waals surface area contributed by atoms with E-state index in [0.29, 0.717) is 12.3 Å². The minimum absolute atomic E-state index is 0.0415. The number of ether oxygens (including phenoxy) is 1. The maximum Gasteiger partial charge on any atom is 0.315 e. The number of hydrogen-bond acceptors (Lipinski definition) is 3. The van der Waals surface area contributed by atoms with Crippen LogP contribution in [0.4, 0.5) is 9.18 Å². The van der Waals surface area contributed by atoms with Crippen LogP contribution in [0.15, 0.2) is 24.3 Å². The van der Waals surface area contributed by atoms with Crippen LogP contribution in [0.5, 0.6) is 5.75 Å². The molecule has 1 aliphatic carbocycles. The van der Waals surface area contributed by atoms with E-state index in [-0.39, 0.29) is 25.1 Å². The van der Waals surface area contributed by atoms with Crippen molar-refractivity contribution in [3.8, 4) is 5.75 Å². The summed E-state index contributed by atoms with van der Waals surface area (Å²) in [5.74, 6) is 0.0733. The minimum Gasteiger partial charge on any atom is -0.492 e. The molecule has 1 aromatic carbocycles. The third kappa shape index (κ3) is 4.60. The van der Waals surface area contributed by atoms with E-state index in [9.17, 15) is 14.3 Å². The van der Waals surface area contributed by atoms with Gasteiger partial charge in [0.15, 0.2) is 0 Å². The summed E-state index contributed by atoms with van der Waals surface area (Å²) in [5, 5.41) is 14.9. The Kier molecular flexibility index (Phi) is 5.38. The number of halogens is 1. The highest BCUT2D eigenvalue weighted by molar-refractivity contribution is 5.74. The molecule has 21 heavy (non-hydrogen) atoms. The summed E-state index contributed by atoms with van der Waals surface area (Å²) >= 11 is 0. The van der Waals surface area contributed by atoms with Crippen LogP contribution in [0.3, 0.4) is 0 Å². The van der Waals surface area contributed by atoms with Gasteiger partial charge in [0.05, 0.1) is 18.7 Å². The van der Waals surface area contributed by atoms with Gasteiger partial charge in [0.1, 0.15) is 18.2 Å². The van der Waals surface area contributed by atoms with Crippen LogP contribution in [0, 0.1) is 5.82 Å². The lowest BCUT2D eigenvalue weighted by Crippen LogP contribution is -2.53. The first-order valence-corrected chi connectivity index (χ1v) is 7.19. The molecule has 6 heteroatoms. The number of rotatable bonds is 6. The minimum atomic E-state index is -0.479. The largest absolute Gasteiger partial charge is 0.492 e.